The highest BCUT2D eigenvalue weighted by molar-refractivity contribution is 6.31. The van der Waals surface area contributed by atoms with Gasteiger partial charge in [0.15, 0.2) is 0 Å². The summed E-state index contributed by atoms with van der Waals surface area (Å²) in [6, 6.07) is 9.85. The van der Waals surface area contributed by atoms with Crippen molar-refractivity contribution in [2.24, 2.45) is 0 Å². The van der Waals surface area contributed by atoms with Crippen LogP contribution in [-0.2, 0) is 6.54 Å². The summed E-state index contributed by atoms with van der Waals surface area (Å²) < 4.78 is 5.81. The van der Waals surface area contributed by atoms with Gasteiger partial charge in [-0.15, -0.1) is 24.8 Å². The summed E-state index contributed by atoms with van der Waals surface area (Å²) in [7, 11) is 0. The van der Waals surface area contributed by atoms with Crippen LogP contribution in [0.2, 0.25) is 5.02 Å². The molecule has 0 radical (unpaired) electrons. The smallest absolute Gasteiger partial charge is 0.134 e. The van der Waals surface area contributed by atoms with Gasteiger partial charge in [0.1, 0.15) is 11.5 Å². The highest BCUT2D eigenvalue weighted by atomic mass is 35.5. The zero-order valence-corrected chi connectivity index (χ0v) is 15.4. The lowest BCUT2D eigenvalue weighted by atomic mass is 10.1. The first kappa shape index (κ1) is 22.2. The maximum atomic E-state index is 8.64. The van der Waals surface area contributed by atoms with Gasteiger partial charge in [0, 0.05) is 30.2 Å². The second kappa shape index (κ2) is 11.7. The first-order valence-corrected chi connectivity index (χ1v) is 7.46. The minimum atomic E-state index is 0. The molecule has 0 atom stereocenters. The largest absolute Gasteiger partial charge is 0.460 e. The molecular weight excluding hydrogens is 359 g/mol. The molecule has 1 heterocycles. The predicted molar refractivity (Wildman–Crippen MR) is 100 cm³/mol. The Labute approximate surface area is 154 Å². The van der Waals surface area contributed by atoms with Crippen LogP contribution in [0, 0.1) is 6.92 Å². The Morgan fingerprint density at radius 3 is 2.48 bits per heavy atom. The minimum absolute atomic E-state index is 0. The van der Waals surface area contributed by atoms with Gasteiger partial charge in [0.2, 0.25) is 0 Å². The van der Waals surface area contributed by atoms with E-state index >= 15 is 0 Å². The molecule has 7 heteroatoms. The van der Waals surface area contributed by atoms with E-state index in [1.54, 1.807) is 0 Å². The number of aliphatic hydroxyl groups excluding tert-OH is 1. The van der Waals surface area contributed by atoms with Crippen LogP contribution in [0.1, 0.15) is 11.3 Å². The standard InChI is InChI=1S/C16H21ClN2O2.2ClH/c1-12-2-3-13(10-15(12)17)16-5-4-14(21-16)11-19-7-6-18-8-9-20;;/h2-5,10,18-20H,6-9,11H2,1H3;2*1H. The van der Waals surface area contributed by atoms with Crippen molar-refractivity contribution >= 4 is 36.4 Å². The van der Waals surface area contributed by atoms with E-state index in [4.69, 9.17) is 21.1 Å². The van der Waals surface area contributed by atoms with Crippen LogP contribution in [0.15, 0.2) is 34.7 Å². The topological polar surface area (TPSA) is 57.4 Å². The second-order valence-electron chi connectivity index (χ2n) is 4.88. The zero-order valence-electron chi connectivity index (χ0n) is 13.0. The van der Waals surface area contributed by atoms with E-state index in [0.717, 1.165) is 40.8 Å². The molecule has 1 aromatic heterocycles. The molecule has 0 bridgehead atoms. The lowest BCUT2D eigenvalue weighted by Crippen LogP contribution is -2.28. The van der Waals surface area contributed by atoms with E-state index in [1.165, 1.54) is 0 Å². The molecule has 0 amide bonds. The van der Waals surface area contributed by atoms with Gasteiger partial charge >= 0.3 is 0 Å². The van der Waals surface area contributed by atoms with Crippen molar-refractivity contribution in [1.82, 2.24) is 10.6 Å². The number of hydrogen-bond acceptors (Lipinski definition) is 4. The van der Waals surface area contributed by atoms with Gasteiger partial charge in [-0.2, -0.15) is 0 Å². The van der Waals surface area contributed by atoms with Crippen LogP contribution in [0.25, 0.3) is 11.3 Å². The quantitative estimate of drug-likeness (QED) is 0.613. The van der Waals surface area contributed by atoms with Gasteiger partial charge in [0.25, 0.3) is 0 Å². The van der Waals surface area contributed by atoms with E-state index in [2.05, 4.69) is 10.6 Å². The highest BCUT2D eigenvalue weighted by Crippen LogP contribution is 2.26. The number of furan rings is 1. The van der Waals surface area contributed by atoms with Crippen LogP contribution >= 0.6 is 36.4 Å². The Morgan fingerprint density at radius 1 is 1.04 bits per heavy atom. The maximum absolute atomic E-state index is 8.64. The monoisotopic (exact) mass is 380 g/mol. The van der Waals surface area contributed by atoms with Gasteiger partial charge < -0.3 is 20.2 Å². The fraction of sp³-hybridized carbons (Fsp3) is 0.375. The summed E-state index contributed by atoms with van der Waals surface area (Å²) in [5.41, 5.74) is 2.05. The summed E-state index contributed by atoms with van der Waals surface area (Å²) in [5.74, 6) is 1.72. The summed E-state index contributed by atoms with van der Waals surface area (Å²) in [4.78, 5) is 0. The number of nitrogens with one attached hydrogen (secondary N) is 2. The van der Waals surface area contributed by atoms with Crippen LogP contribution in [-0.4, -0.2) is 31.3 Å². The molecule has 2 aromatic rings. The molecule has 4 nitrogen and oxygen atoms in total. The molecule has 0 aliphatic heterocycles. The molecular formula is C16H23Cl3N2O2. The second-order valence-corrected chi connectivity index (χ2v) is 5.29. The van der Waals surface area contributed by atoms with Crippen LogP contribution in [0.5, 0.6) is 0 Å². The van der Waals surface area contributed by atoms with Crippen molar-refractivity contribution in [2.75, 3.05) is 26.2 Å². The van der Waals surface area contributed by atoms with E-state index in [0.29, 0.717) is 13.1 Å². The summed E-state index contributed by atoms with van der Waals surface area (Å²) in [5, 5.41) is 15.8. The van der Waals surface area contributed by atoms with Gasteiger partial charge in [-0.25, -0.2) is 0 Å². The third-order valence-corrected chi connectivity index (χ3v) is 3.59. The number of halogens is 3. The van der Waals surface area contributed by atoms with E-state index in [9.17, 15) is 0 Å². The normalized spacial score (nSPS) is 10.0. The molecule has 0 fully saturated rings. The Balaban J connectivity index is 0.00000242. The summed E-state index contributed by atoms with van der Waals surface area (Å²) in [6.07, 6.45) is 0. The van der Waals surface area contributed by atoms with Gasteiger partial charge in [-0.05, 0) is 30.7 Å². The van der Waals surface area contributed by atoms with Crippen LogP contribution in [0.4, 0.5) is 0 Å². The average molecular weight is 382 g/mol. The number of aliphatic hydroxyl groups is 1. The molecule has 130 valence electrons. The Morgan fingerprint density at radius 2 is 1.78 bits per heavy atom. The Hall–Kier alpha value is -0.750. The van der Waals surface area contributed by atoms with Crippen molar-refractivity contribution in [3.05, 3.63) is 46.7 Å². The van der Waals surface area contributed by atoms with E-state index in [1.807, 2.05) is 37.3 Å². The molecule has 0 unspecified atom stereocenters. The molecule has 0 spiro atoms. The number of hydrogen-bond donors (Lipinski definition) is 3. The lowest BCUT2D eigenvalue weighted by Gasteiger charge is -2.04. The minimum Gasteiger partial charge on any atom is -0.460 e. The molecule has 0 aliphatic carbocycles. The molecule has 1 aromatic carbocycles. The van der Waals surface area contributed by atoms with Crippen molar-refractivity contribution in [3.63, 3.8) is 0 Å². The highest BCUT2D eigenvalue weighted by Gasteiger charge is 2.06. The van der Waals surface area contributed by atoms with Crippen molar-refractivity contribution < 1.29 is 9.52 Å². The fourth-order valence-electron chi connectivity index (χ4n) is 1.97. The predicted octanol–water partition coefficient (Wildman–Crippen LogP) is 3.42. The third kappa shape index (κ3) is 7.12. The Kier molecular flexibility index (Phi) is 11.4. The molecule has 0 saturated carbocycles. The summed E-state index contributed by atoms with van der Waals surface area (Å²) in [6.45, 7) is 5.10. The Bertz CT molecular complexity index is 576. The van der Waals surface area contributed by atoms with Crippen molar-refractivity contribution in [1.29, 1.82) is 0 Å². The van der Waals surface area contributed by atoms with E-state index < -0.39 is 0 Å². The maximum Gasteiger partial charge on any atom is 0.134 e. The van der Waals surface area contributed by atoms with Gasteiger partial charge in [-0.3, -0.25) is 0 Å². The fourth-order valence-corrected chi connectivity index (χ4v) is 2.15. The van der Waals surface area contributed by atoms with Crippen molar-refractivity contribution in [3.8, 4) is 11.3 Å². The zero-order chi connectivity index (χ0) is 15.1. The molecule has 0 aliphatic rings. The van der Waals surface area contributed by atoms with E-state index in [-0.39, 0.29) is 31.4 Å². The van der Waals surface area contributed by atoms with Crippen LogP contribution in [0.3, 0.4) is 0 Å². The third-order valence-electron chi connectivity index (χ3n) is 3.18. The molecule has 2 rings (SSSR count). The lowest BCUT2D eigenvalue weighted by molar-refractivity contribution is 0.292. The number of benzene rings is 1. The SMILES string of the molecule is Cc1ccc(-c2ccc(CNCCNCCO)o2)cc1Cl.Cl.Cl. The molecule has 23 heavy (non-hydrogen) atoms. The molecule has 0 saturated heterocycles. The van der Waals surface area contributed by atoms with Gasteiger partial charge in [0.05, 0.1) is 13.2 Å². The van der Waals surface area contributed by atoms with Crippen LogP contribution < -0.4 is 10.6 Å². The first-order chi connectivity index (χ1) is 10.2. The van der Waals surface area contributed by atoms with Gasteiger partial charge in [-0.1, -0.05) is 23.7 Å². The van der Waals surface area contributed by atoms with Crippen molar-refractivity contribution in [2.45, 2.75) is 13.5 Å². The summed E-state index contributed by atoms with van der Waals surface area (Å²) >= 11 is 6.14. The molecule has 3 N–H and O–H groups in total. The number of rotatable bonds is 8. The first-order valence-electron chi connectivity index (χ1n) is 7.08. The number of aryl methyl sites for hydroxylation is 1. The average Bonchev–Trinajstić information content (AvgIpc) is 2.94.